The number of carbonyl (C=O) groups is 2. The molecule has 7 heteroatoms. The van der Waals surface area contributed by atoms with Crippen molar-refractivity contribution in [1.29, 1.82) is 0 Å². The molecule has 0 bridgehead atoms. The average molecular weight is 337 g/mol. The molecule has 24 heavy (non-hydrogen) atoms. The topological polar surface area (TPSA) is 94.1 Å². The summed E-state index contributed by atoms with van der Waals surface area (Å²) in [5.74, 6) is -0.159. The van der Waals surface area contributed by atoms with Gasteiger partial charge >= 0.3 is 5.97 Å². The van der Waals surface area contributed by atoms with Gasteiger partial charge in [-0.05, 0) is 43.9 Å². The van der Waals surface area contributed by atoms with Crippen LogP contribution in [0.25, 0.3) is 0 Å². The highest BCUT2D eigenvalue weighted by Gasteiger charge is 2.16. The van der Waals surface area contributed by atoms with Gasteiger partial charge in [0.2, 0.25) is 0 Å². The third-order valence-corrected chi connectivity index (χ3v) is 3.75. The van der Waals surface area contributed by atoms with Gasteiger partial charge in [0.05, 0.1) is 6.61 Å². The highest BCUT2D eigenvalue weighted by molar-refractivity contribution is 5.94. The number of amides is 1. The van der Waals surface area contributed by atoms with E-state index in [0.717, 1.165) is 26.1 Å². The van der Waals surface area contributed by atoms with Crippen LogP contribution in [0.3, 0.4) is 0 Å². The van der Waals surface area contributed by atoms with Crippen molar-refractivity contribution < 1.29 is 28.9 Å². The van der Waals surface area contributed by atoms with Gasteiger partial charge < -0.3 is 24.6 Å². The zero-order chi connectivity index (χ0) is 17.4. The largest absolute Gasteiger partial charge is 0.490 e. The normalized spacial score (nSPS) is 14.9. The molecule has 1 amide bonds. The zero-order valence-electron chi connectivity index (χ0n) is 13.7. The van der Waals surface area contributed by atoms with Gasteiger partial charge in [0.25, 0.3) is 5.91 Å². The first-order valence-corrected chi connectivity index (χ1v) is 8.07. The van der Waals surface area contributed by atoms with Gasteiger partial charge in [0.1, 0.15) is 0 Å². The van der Waals surface area contributed by atoms with E-state index < -0.39 is 12.6 Å². The minimum atomic E-state index is -1.07. The van der Waals surface area contributed by atoms with Crippen molar-refractivity contribution in [2.75, 3.05) is 33.0 Å². The molecule has 132 valence electrons. The minimum absolute atomic E-state index is 0.188. The van der Waals surface area contributed by atoms with Crippen LogP contribution in [0.5, 0.6) is 11.5 Å². The lowest BCUT2D eigenvalue weighted by atomic mass is 10.0. The summed E-state index contributed by atoms with van der Waals surface area (Å²) in [5.41, 5.74) is 0.452. The molecule has 1 aliphatic heterocycles. The van der Waals surface area contributed by atoms with Gasteiger partial charge in [0.15, 0.2) is 18.1 Å². The molecule has 1 aliphatic rings. The molecule has 2 N–H and O–H groups in total. The van der Waals surface area contributed by atoms with Crippen molar-refractivity contribution in [3.8, 4) is 11.5 Å². The van der Waals surface area contributed by atoms with Gasteiger partial charge in [-0.1, -0.05) is 0 Å². The Bertz CT molecular complexity index is 568. The maximum Gasteiger partial charge on any atom is 0.341 e. The Kier molecular flexibility index (Phi) is 6.87. The smallest absolute Gasteiger partial charge is 0.341 e. The van der Waals surface area contributed by atoms with Crippen LogP contribution in [0.2, 0.25) is 0 Å². The van der Waals surface area contributed by atoms with Crippen LogP contribution < -0.4 is 14.8 Å². The summed E-state index contributed by atoms with van der Waals surface area (Å²) in [7, 11) is 0. The van der Waals surface area contributed by atoms with Crippen molar-refractivity contribution in [2.45, 2.75) is 19.8 Å². The molecule has 2 rings (SSSR count). The van der Waals surface area contributed by atoms with E-state index in [1.54, 1.807) is 25.1 Å². The summed E-state index contributed by atoms with van der Waals surface area (Å²) in [6, 6.07) is 4.72. The molecule has 7 nitrogen and oxygen atoms in total. The zero-order valence-corrected chi connectivity index (χ0v) is 13.7. The molecule has 0 radical (unpaired) electrons. The van der Waals surface area contributed by atoms with E-state index in [0.29, 0.717) is 36.1 Å². The van der Waals surface area contributed by atoms with Gasteiger partial charge in [-0.3, -0.25) is 4.79 Å². The third kappa shape index (κ3) is 5.42. The highest BCUT2D eigenvalue weighted by Crippen LogP contribution is 2.28. The number of hydrogen-bond donors (Lipinski definition) is 2. The van der Waals surface area contributed by atoms with E-state index in [4.69, 9.17) is 19.3 Å². The van der Waals surface area contributed by atoms with E-state index in [2.05, 4.69) is 5.32 Å². The monoisotopic (exact) mass is 337 g/mol. The van der Waals surface area contributed by atoms with Crippen LogP contribution in [0.15, 0.2) is 18.2 Å². The minimum Gasteiger partial charge on any atom is -0.490 e. The van der Waals surface area contributed by atoms with Gasteiger partial charge in [-0.25, -0.2) is 4.79 Å². The number of rotatable bonds is 8. The quantitative estimate of drug-likeness (QED) is 0.750. The molecule has 0 atom stereocenters. The van der Waals surface area contributed by atoms with Crippen molar-refractivity contribution in [2.24, 2.45) is 5.92 Å². The second kappa shape index (κ2) is 9.12. The number of ether oxygens (including phenoxy) is 3. The van der Waals surface area contributed by atoms with Crippen LogP contribution in [-0.4, -0.2) is 50.0 Å². The molecule has 1 heterocycles. The lowest BCUT2D eigenvalue weighted by Crippen LogP contribution is -2.32. The fraction of sp³-hybridized carbons (Fsp3) is 0.529. The first kappa shape index (κ1) is 18.1. The Morgan fingerprint density at radius 3 is 2.67 bits per heavy atom. The molecule has 1 aromatic rings. The number of benzene rings is 1. The summed E-state index contributed by atoms with van der Waals surface area (Å²) in [5, 5.41) is 11.6. The SMILES string of the molecule is CCOc1cc(C(=O)NCC2CCOCC2)ccc1OCC(=O)O. The van der Waals surface area contributed by atoms with Gasteiger partial charge in [0, 0.05) is 25.3 Å². The molecule has 1 fully saturated rings. The third-order valence-electron chi connectivity index (χ3n) is 3.75. The number of aliphatic carboxylic acids is 1. The Balaban J connectivity index is 1.98. The molecule has 0 aromatic heterocycles. The fourth-order valence-corrected chi connectivity index (χ4v) is 2.47. The average Bonchev–Trinajstić information content (AvgIpc) is 2.59. The van der Waals surface area contributed by atoms with Gasteiger partial charge in [-0.2, -0.15) is 0 Å². The number of carbonyl (C=O) groups excluding carboxylic acids is 1. The first-order chi connectivity index (χ1) is 11.6. The number of nitrogens with one attached hydrogen (secondary N) is 1. The number of hydrogen-bond acceptors (Lipinski definition) is 5. The van der Waals surface area contributed by atoms with Crippen molar-refractivity contribution in [3.05, 3.63) is 23.8 Å². The van der Waals surface area contributed by atoms with Crippen LogP contribution in [0.1, 0.15) is 30.1 Å². The van der Waals surface area contributed by atoms with Crippen LogP contribution >= 0.6 is 0 Å². The van der Waals surface area contributed by atoms with E-state index in [-0.39, 0.29) is 5.91 Å². The van der Waals surface area contributed by atoms with Crippen LogP contribution in [-0.2, 0) is 9.53 Å². The number of carboxylic acids is 1. The summed E-state index contributed by atoms with van der Waals surface area (Å²) in [4.78, 5) is 22.9. The predicted octanol–water partition coefficient (Wildman–Crippen LogP) is 1.71. The standard InChI is InChI=1S/C17H23NO6/c1-2-23-15-9-13(3-4-14(15)24-11-16(19)20)17(21)18-10-12-5-7-22-8-6-12/h3-4,9,12H,2,5-8,10-11H2,1H3,(H,18,21)(H,19,20). The van der Waals surface area contributed by atoms with Crippen LogP contribution in [0.4, 0.5) is 0 Å². The Labute approximate surface area is 140 Å². The van der Waals surface area contributed by atoms with E-state index in [1.165, 1.54) is 0 Å². The molecular formula is C17H23NO6. The van der Waals surface area contributed by atoms with Crippen LogP contribution in [0, 0.1) is 5.92 Å². The van der Waals surface area contributed by atoms with Crippen molar-refractivity contribution in [3.63, 3.8) is 0 Å². The summed E-state index contributed by atoms with van der Waals surface area (Å²) in [6.45, 7) is 3.82. The molecule has 0 aliphatic carbocycles. The lowest BCUT2D eigenvalue weighted by molar-refractivity contribution is -0.139. The maximum atomic E-state index is 12.3. The lowest BCUT2D eigenvalue weighted by Gasteiger charge is -2.22. The summed E-state index contributed by atoms with van der Waals surface area (Å²) >= 11 is 0. The second-order valence-electron chi connectivity index (χ2n) is 5.54. The molecule has 0 unspecified atom stereocenters. The predicted molar refractivity (Wildman–Crippen MR) is 86.6 cm³/mol. The molecular weight excluding hydrogens is 314 g/mol. The summed E-state index contributed by atoms with van der Waals surface area (Å²) < 4.78 is 15.9. The van der Waals surface area contributed by atoms with Crippen molar-refractivity contribution in [1.82, 2.24) is 5.32 Å². The number of carboxylic acid groups (broad SMARTS) is 1. The highest BCUT2D eigenvalue weighted by atomic mass is 16.5. The Morgan fingerprint density at radius 1 is 1.25 bits per heavy atom. The van der Waals surface area contributed by atoms with Crippen molar-refractivity contribution >= 4 is 11.9 Å². The van der Waals surface area contributed by atoms with E-state index >= 15 is 0 Å². The molecule has 0 spiro atoms. The molecule has 1 aromatic carbocycles. The second-order valence-corrected chi connectivity index (χ2v) is 5.54. The fourth-order valence-electron chi connectivity index (χ4n) is 2.47. The Hall–Kier alpha value is -2.28. The Morgan fingerprint density at radius 2 is 2.00 bits per heavy atom. The van der Waals surface area contributed by atoms with Gasteiger partial charge in [-0.15, -0.1) is 0 Å². The maximum absolute atomic E-state index is 12.3. The van der Waals surface area contributed by atoms with E-state index in [9.17, 15) is 9.59 Å². The molecule has 1 saturated heterocycles. The summed E-state index contributed by atoms with van der Waals surface area (Å²) in [6.07, 6.45) is 1.90. The first-order valence-electron chi connectivity index (χ1n) is 8.07. The molecule has 0 saturated carbocycles. The van der Waals surface area contributed by atoms with E-state index in [1.807, 2.05) is 0 Å².